The molecule has 0 aliphatic carbocycles. The van der Waals surface area contributed by atoms with Crippen molar-refractivity contribution < 1.29 is 8.42 Å². The lowest BCUT2D eigenvalue weighted by Crippen LogP contribution is -2.25. The van der Waals surface area contributed by atoms with Crippen LogP contribution < -0.4 is 4.72 Å². The van der Waals surface area contributed by atoms with E-state index in [0.29, 0.717) is 13.0 Å². The largest absolute Gasteiger partial charge is 0.240 e. The number of nitrogens with one attached hydrogen (secondary N) is 1. The summed E-state index contributed by atoms with van der Waals surface area (Å²) in [5, 5.41) is 8.59. The minimum absolute atomic E-state index is 0.219. The second-order valence-corrected chi connectivity index (χ2v) is 8.65. The van der Waals surface area contributed by atoms with Crippen LogP contribution >= 0.6 is 27.3 Å². The fourth-order valence-electron chi connectivity index (χ4n) is 1.76. The summed E-state index contributed by atoms with van der Waals surface area (Å²) in [4.78, 5) is 1.34. The molecule has 1 aromatic heterocycles. The quantitative estimate of drug-likeness (QED) is 0.831. The van der Waals surface area contributed by atoms with E-state index in [1.54, 1.807) is 23.5 Å². The smallest absolute Gasteiger partial charge is 0.211 e. The normalized spacial score (nSPS) is 11.2. The molecule has 2 rings (SSSR count). The molecule has 1 heterocycles. The third-order valence-corrected chi connectivity index (χ3v) is 5.97. The van der Waals surface area contributed by atoms with E-state index in [4.69, 9.17) is 5.26 Å². The molecule has 0 aliphatic rings. The molecule has 0 fully saturated rings. The van der Waals surface area contributed by atoms with Crippen LogP contribution in [0.25, 0.3) is 0 Å². The van der Waals surface area contributed by atoms with Gasteiger partial charge in [0.15, 0.2) is 0 Å². The zero-order valence-electron chi connectivity index (χ0n) is 11.0. The average molecular weight is 385 g/mol. The average Bonchev–Trinajstić information content (AvgIpc) is 2.85. The second-order valence-electron chi connectivity index (χ2n) is 4.33. The molecule has 0 bridgehead atoms. The number of rotatable bonds is 6. The van der Waals surface area contributed by atoms with Gasteiger partial charge >= 0.3 is 0 Å². The number of sulfonamides is 1. The Morgan fingerprint density at radius 2 is 1.90 bits per heavy atom. The van der Waals surface area contributed by atoms with Crippen LogP contribution in [-0.2, 0) is 22.9 Å². The Bertz CT molecular complexity index is 746. The SMILES string of the molecule is N#CCc1ccc(S(=O)(=O)NCCc2ccc(Br)s2)cc1. The lowest BCUT2D eigenvalue weighted by atomic mass is 10.2. The third-order valence-electron chi connectivity index (χ3n) is 2.81. The van der Waals surface area contributed by atoms with Crippen molar-refractivity contribution in [3.8, 4) is 6.07 Å². The van der Waals surface area contributed by atoms with Gasteiger partial charge in [-0.1, -0.05) is 12.1 Å². The molecule has 110 valence electrons. The van der Waals surface area contributed by atoms with Gasteiger partial charge in [0.05, 0.1) is 21.2 Å². The predicted molar refractivity (Wildman–Crippen MR) is 86.7 cm³/mol. The Hall–Kier alpha value is -1.20. The zero-order valence-corrected chi connectivity index (χ0v) is 14.3. The number of nitriles is 1. The van der Waals surface area contributed by atoms with Gasteiger partial charge in [0, 0.05) is 11.4 Å². The Kier molecular flexibility index (Phi) is 5.53. The molecule has 0 unspecified atom stereocenters. The summed E-state index contributed by atoms with van der Waals surface area (Å²) >= 11 is 4.97. The van der Waals surface area contributed by atoms with Crippen LogP contribution in [-0.4, -0.2) is 15.0 Å². The van der Waals surface area contributed by atoms with Gasteiger partial charge in [-0.15, -0.1) is 11.3 Å². The number of nitrogens with zero attached hydrogens (tertiary/aromatic N) is 1. The molecule has 21 heavy (non-hydrogen) atoms. The second kappa shape index (κ2) is 7.18. The summed E-state index contributed by atoms with van der Waals surface area (Å²) in [7, 11) is -3.50. The van der Waals surface area contributed by atoms with Crippen LogP contribution in [0.3, 0.4) is 0 Å². The summed E-state index contributed by atoms with van der Waals surface area (Å²) in [6.45, 7) is 0.356. The fourth-order valence-corrected chi connectivity index (χ4v) is 4.27. The monoisotopic (exact) mass is 384 g/mol. The Morgan fingerprint density at radius 3 is 2.48 bits per heavy atom. The summed E-state index contributed by atoms with van der Waals surface area (Å²) in [5.41, 5.74) is 0.805. The van der Waals surface area contributed by atoms with Crippen LogP contribution in [0.5, 0.6) is 0 Å². The molecule has 0 amide bonds. The van der Waals surface area contributed by atoms with Crippen LogP contribution in [0.1, 0.15) is 10.4 Å². The van der Waals surface area contributed by atoms with E-state index >= 15 is 0 Å². The van der Waals surface area contributed by atoms with E-state index in [1.807, 2.05) is 18.2 Å². The molecule has 4 nitrogen and oxygen atoms in total. The first-order valence-electron chi connectivity index (χ1n) is 6.21. The van der Waals surface area contributed by atoms with Crippen LogP contribution in [0, 0.1) is 11.3 Å². The zero-order chi connectivity index (χ0) is 15.3. The van der Waals surface area contributed by atoms with Crippen LogP contribution in [0.4, 0.5) is 0 Å². The molecule has 7 heteroatoms. The number of hydrogen-bond donors (Lipinski definition) is 1. The first-order valence-corrected chi connectivity index (χ1v) is 9.30. The highest BCUT2D eigenvalue weighted by Gasteiger charge is 2.13. The van der Waals surface area contributed by atoms with Gasteiger partial charge in [-0.05, 0) is 52.2 Å². The fraction of sp³-hybridized carbons (Fsp3) is 0.214. The van der Waals surface area contributed by atoms with Gasteiger partial charge in [-0.25, -0.2) is 13.1 Å². The Balaban J connectivity index is 1.96. The van der Waals surface area contributed by atoms with Crippen molar-refractivity contribution in [2.24, 2.45) is 0 Å². The first-order chi connectivity index (χ1) is 10.0. The maximum Gasteiger partial charge on any atom is 0.240 e. The highest BCUT2D eigenvalue weighted by atomic mass is 79.9. The van der Waals surface area contributed by atoms with Crippen LogP contribution in [0.2, 0.25) is 0 Å². The molecular weight excluding hydrogens is 372 g/mol. The lowest BCUT2D eigenvalue weighted by molar-refractivity contribution is 0.582. The van der Waals surface area contributed by atoms with E-state index in [0.717, 1.165) is 14.2 Å². The topological polar surface area (TPSA) is 70.0 Å². The van der Waals surface area contributed by atoms with Gasteiger partial charge in [-0.3, -0.25) is 0 Å². The number of benzene rings is 1. The Morgan fingerprint density at radius 1 is 1.19 bits per heavy atom. The molecule has 1 N–H and O–H groups in total. The van der Waals surface area contributed by atoms with Crippen molar-refractivity contribution in [3.63, 3.8) is 0 Å². The van der Waals surface area contributed by atoms with Crippen molar-refractivity contribution >= 4 is 37.3 Å². The number of thiophene rings is 1. The van der Waals surface area contributed by atoms with Crippen molar-refractivity contribution in [1.82, 2.24) is 4.72 Å². The highest BCUT2D eigenvalue weighted by molar-refractivity contribution is 9.11. The number of halogens is 1. The van der Waals surface area contributed by atoms with E-state index in [-0.39, 0.29) is 11.3 Å². The molecule has 1 aromatic carbocycles. The van der Waals surface area contributed by atoms with Gasteiger partial charge in [0.25, 0.3) is 0 Å². The standard InChI is InChI=1S/C14H13BrN2O2S2/c15-14-6-3-12(20-14)8-10-17-21(18,19)13-4-1-11(2-5-13)7-9-16/h1-6,17H,7-8,10H2. The highest BCUT2D eigenvalue weighted by Crippen LogP contribution is 2.22. The molecular formula is C14H13BrN2O2S2. The summed E-state index contributed by atoms with van der Waals surface area (Å²) in [5.74, 6) is 0. The molecule has 0 saturated heterocycles. The van der Waals surface area contributed by atoms with Gasteiger partial charge < -0.3 is 0 Å². The van der Waals surface area contributed by atoms with Crippen molar-refractivity contribution in [2.45, 2.75) is 17.7 Å². The van der Waals surface area contributed by atoms with E-state index in [2.05, 4.69) is 20.7 Å². The predicted octanol–water partition coefficient (Wildman–Crippen LogP) is 3.10. The molecule has 0 saturated carbocycles. The molecule has 2 aromatic rings. The first kappa shape index (κ1) is 16.2. The third kappa shape index (κ3) is 4.64. The van der Waals surface area contributed by atoms with Gasteiger partial charge in [0.1, 0.15) is 0 Å². The summed E-state index contributed by atoms with van der Waals surface area (Å²) in [6, 6.07) is 12.3. The van der Waals surface area contributed by atoms with E-state index < -0.39 is 10.0 Å². The molecule has 0 aliphatic heterocycles. The summed E-state index contributed by atoms with van der Waals surface area (Å²) < 4.78 is 27.8. The van der Waals surface area contributed by atoms with E-state index in [9.17, 15) is 8.42 Å². The Labute approximate surface area is 136 Å². The van der Waals surface area contributed by atoms with Crippen molar-refractivity contribution in [2.75, 3.05) is 6.54 Å². The molecule has 0 atom stereocenters. The van der Waals surface area contributed by atoms with E-state index in [1.165, 1.54) is 12.1 Å². The van der Waals surface area contributed by atoms with Gasteiger partial charge in [0.2, 0.25) is 10.0 Å². The van der Waals surface area contributed by atoms with Crippen molar-refractivity contribution in [1.29, 1.82) is 5.26 Å². The molecule has 0 spiro atoms. The van der Waals surface area contributed by atoms with Gasteiger partial charge in [-0.2, -0.15) is 5.26 Å². The molecule has 0 radical (unpaired) electrons. The summed E-state index contributed by atoms with van der Waals surface area (Å²) in [6.07, 6.45) is 0.934. The number of hydrogen-bond acceptors (Lipinski definition) is 4. The maximum absolute atomic E-state index is 12.1. The van der Waals surface area contributed by atoms with Crippen molar-refractivity contribution in [3.05, 3.63) is 50.6 Å². The van der Waals surface area contributed by atoms with Crippen LogP contribution in [0.15, 0.2) is 45.1 Å². The minimum Gasteiger partial charge on any atom is -0.211 e. The lowest BCUT2D eigenvalue weighted by Gasteiger charge is -2.06. The minimum atomic E-state index is -3.50. The maximum atomic E-state index is 12.1.